The first-order valence-corrected chi connectivity index (χ1v) is 6.99. The molecule has 0 amide bonds. The average Bonchev–Trinajstić information content (AvgIpc) is 2.47. The molecule has 0 saturated heterocycles. The SMILES string of the molecule is OCCc1cccc2cc3ccccc3c(CCO)c12. The van der Waals surface area contributed by atoms with E-state index in [9.17, 15) is 10.2 Å². The monoisotopic (exact) mass is 266 g/mol. The van der Waals surface area contributed by atoms with Gasteiger partial charge in [-0.1, -0.05) is 42.5 Å². The Kier molecular flexibility index (Phi) is 3.68. The zero-order valence-corrected chi connectivity index (χ0v) is 11.3. The molecule has 102 valence electrons. The van der Waals surface area contributed by atoms with Crippen molar-refractivity contribution in [3.63, 3.8) is 0 Å². The van der Waals surface area contributed by atoms with E-state index in [1.807, 2.05) is 18.2 Å². The van der Waals surface area contributed by atoms with Crippen LogP contribution in [-0.2, 0) is 12.8 Å². The zero-order valence-electron chi connectivity index (χ0n) is 11.3. The highest BCUT2D eigenvalue weighted by Crippen LogP contribution is 2.31. The van der Waals surface area contributed by atoms with E-state index < -0.39 is 0 Å². The van der Waals surface area contributed by atoms with E-state index in [0.29, 0.717) is 12.8 Å². The van der Waals surface area contributed by atoms with Crippen molar-refractivity contribution in [2.45, 2.75) is 12.8 Å². The molecule has 0 spiro atoms. The van der Waals surface area contributed by atoms with Gasteiger partial charge in [-0.15, -0.1) is 0 Å². The summed E-state index contributed by atoms with van der Waals surface area (Å²) in [6.07, 6.45) is 1.29. The molecular weight excluding hydrogens is 248 g/mol. The quantitative estimate of drug-likeness (QED) is 0.712. The maximum Gasteiger partial charge on any atom is 0.0471 e. The smallest absolute Gasteiger partial charge is 0.0471 e. The van der Waals surface area contributed by atoms with E-state index in [1.54, 1.807) is 0 Å². The molecule has 0 saturated carbocycles. The second-order valence-corrected chi connectivity index (χ2v) is 5.04. The summed E-state index contributed by atoms with van der Waals surface area (Å²) >= 11 is 0. The number of aliphatic hydroxyl groups excluding tert-OH is 2. The highest BCUT2D eigenvalue weighted by Gasteiger charge is 2.10. The number of hydrogen-bond acceptors (Lipinski definition) is 2. The Bertz CT molecular complexity index is 747. The molecule has 0 aliphatic rings. The van der Waals surface area contributed by atoms with Crippen molar-refractivity contribution >= 4 is 21.5 Å². The molecule has 0 fully saturated rings. The lowest BCUT2D eigenvalue weighted by molar-refractivity contribution is 0.299. The molecule has 0 heterocycles. The maximum absolute atomic E-state index is 9.41. The molecule has 0 radical (unpaired) electrons. The van der Waals surface area contributed by atoms with Crippen LogP contribution in [0.5, 0.6) is 0 Å². The van der Waals surface area contributed by atoms with Crippen molar-refractivity contribution in [2.24, 2.45) is 0 Å². The Morgan fingerprint density at radius 3 is 2.30 bits per heavy atom. The summed E-state index contributed by atoms with van der Waals surface area (Å²) in [6, 6.07) is 16.7. The molecule has 0 unspecified atom stereocenters. The van der Waals surface area contributed by atoms with Crippen molar-refractivity contribution < 1.29 is 10.2 Å². The van der Waals surface area contributed by atoms with Gasteiger partial charge in [0.05, 0.1) is 0 Å². The van der Waals surface area contributed by atoms with Gasteiger partial charge in [0.25, 0.3) is 0 Å². The number of aliphatic hydroxyl groups is 2. The fraction of sp³-hybridized carbons (Fsp3) is 0.222. The first-order chi connectivity index (χ1) is 9.85. The molecular formula is C18H18O2. The van der Waals surface area contributed by atoms with Crippen LogP contribution in [0.1, 0.15) is 11.1 Å². The minimum absolute atomic E-state index is 0.135. The second-order valence-electron chi connectivity index (χ2n) is 5.04. The van der Waals surface area contributed by atoms with Gasteiger partial charge in [-0.05, 0) is 51.6 Å². The van der Waals surface area contributed by atoms with E-state index in [-0.39, 0.29) is 13.2 Å². The van der Waals surface area contributed by atoms with Crippen LogP contribution >= 0.6 is 0 Å². The van der Waals surface area contributed by atoms with E-state index in [4.69, 9.17) is 0 Å². The summed E-state index contributed by atoms with van der Waals surface area (Å²) in [5, 5.41) is 23.4. The van der Waals surface area contributed by atoms with Crippen molar-refractivity contribution in [3.8, 4) is 0 Å². The normalized spacial score (nSPS) is 11.3. The predicted molar refractivity (Wildman–Crippen MR) is 83.0 cm³/mol. The van der Waals surface area contributed by atoms with Gasteiger partial charge in [0.15, 0.2) is 0 Å². The van der Waals surface area contributed by atoms with Gasteiger partial charge in [0, 0.05) is 13.2 Å². The Morgan fingerprint density at radius 2 is 1.50 bits per heavy atom. The first-order valence-electron chi connectivity index (χ1n) is 6.99. The van der Waals surface area contributed by atoms with Crippen LogP contribution in [-0.4, -0.2) is 23.4 Å². The summed E-state index contributed by atoms with van der Waals surface area (Å²) in [5.74, 6) is 0. The first kappa shape index (κ1) is 13.1. The predicted octanol–water partition coefficient (Wildman–Crippen LogP) is 3.06. The number of hydrogen-bond donors (Lipinski definition) is 2. The summed E-state index contributed by atoms with van der Waals surface area (Å²) in [5.41, 5.74) is 2.34. The highest BCUT2D eigenvalue weighted by atomic mass is 16.3. The van der Waals surface area contributed by atoms with Crippen LogP contribution in [0.25, 0.3) is 21.5 Å². The standard InChI is InChI=1S/C18H18O2/c19-10-8-13-5-3-6-15-12-14-4-1-2-7-16(14)17(9-11-20)18(13)15/h1-7,12,19-20H,8-11H2. The van der Waals surface area contributed by atoms with E-state index in [1.165, 1.54) is 27.1 Å². The fourth-order valence-electron chi connectivity index (χ4n) is 3.01. The molecule has 3 aromatic carbocycles. The molecule has 2 nitrogen and oxygen atoms in total. The maximum atomic E-state index is 9.41. The topological polar surface area (TPSA) is 40.5 Å². The molecule has 3 rings (SSSR count). The van der Waals surface area contributed by atoms with Crippen LogP contribution in [0, 0.1) is 0 Å². The van der Waals surface area contributed by atoms with Crippen LogP contribution in [0.15, 0.2) is 48.5 Å². The Labute approximate surface area is 118 Å². The van der Waals surface area contributed by atoms with Crippen molar-refractivity contribution in [2.75, 3.05) is 13.2 Å². The molecule has 0 aromatic heterocycles. The summed E-state index contributed by atoms with van der Waals surface area (Å²) in [4.78, 5) is 0. The van der Waals surface area contributed by atoms with Crippen molar-refractivity contribution in [1.82, 2.24) is 0 Å². The molecule has 2 N–H and O–H groups in total. The summed E-state index contributed by atoms with van der Waals surface area (Å²) < 4.78 is 0. The molecule has 0 aliphatic carbocycles. The van der Waals surface area contributed by atoms with Gasteiger partial charge in [0.2, 0.25) is 0 Å². The Hall–Kier alpha value is -1.90. The van der Waals surface area contributed by atoms with Crippen LogP contribution in [0.2, 0.25) is 0 Å². The lowest BCUT2D eigenvalue weighted by atomic mass is 9.91. The van der Waals surface area contributed by atoms with Gasteiger partial charge in [-0.25, -0.2) is 0 Å². The minimum Gasteiger partial charge on any atom is -0.396 e. The Morgan fingerprint density at radius 1 is 0.750 bits per heavy atom. The third-order valence-corrected chi connectivity index (χ3v) is 3.82. The van der Waals surface area contributed by atoms with Gasteiger partial charge >= 0.3 is 0 Å². The van der Waals surface area contributed by atoms with Gasteiger partial charge in [-0.3, -0.25) is 0 Å². The average molecular weight is 266 g/mol. The van der Waals surface area contributed by atoms with Gasteiger partial charge in [-0.2, -0.15) is 0 Å². The lowest BCUT2D eigenvalue weighted by Gasteiger charge is -2.14. The van der Waals surface area contributed by atoms with E-state index in [2.05, 4.69) is 30.3 Å². The minimum atomic E-state index is 0.135. The zero-order chi connectivity index (χ0) is 13.9. The highest BCUT2D eigenvalue weighted by molar-refractivity contribution is 6.03. The summed E-state index contributed by atoms with van der Waals surface area (Å²) in [6.45, 7) is 0.279. The third-order valence-electron chi connectivity index (χ3n) is 3.82. The van der Waals surface area contributed by atoms with Crippen LogP contribution in [0.3, 0.4) is 0 Å². The van der Waals surface area contributed by atoms with E-state index >= 15 is 0 Å². The summed E-state index contributed by atoms with van der Waals surface area (Å²) in [7, 11) is 0. The second kappa shape index (κ2) is 5.61. The molecule has 0 aliphatic heterocycles. The van der Waals surface area contributed by atoms with Gasteiger partial charge < -0.3 is 10.2 Å². The van der Waals surface area contributed by atoms with Crippen molar-refractivity contribution in [1.29, 1.82) is 0 Å². The molecule has 20 heavy (non-hydrogen) atoms. The number of rotatable bonds is 4. The van der Waals surface area contributed by atoms with Crippen molar-refractivity contribution in [3.05, 3.63) is 59.7 Å². The third kappa shape index (κ3) is 2.17. The number of benzene rings is 3. The van der Waals surface area contributed by atoms with Crippen LogP contribution < -0.4 is 0 Å². The molecule has 2 heteroatoms. The fourth-order valence-corrected chi connectivity index (χ4v) is 3.01. The lowest BCUT2D eigenvalue weighted by Crippen LogP contribution is -1.99. The largest absolute Gasteiger partial charge is 0.396 e. The van der Waals surface area contributed by atoms with E-state index in [0.717, 1.165) is 5.56 Å². The molecule has 3 aromatic rings. The number of fused-ring (bicyclic) bond motifs is 2. The molecule has 0 bridgehead atoms. The Balaban J connectivity index is 2.42. The molecule has 0 atom stereocenters. The van der Waals surface area contributed by atoms with Gasteiger partial charge in [0.1, 0.15) is 0 Å². The van der Waals surface area contributed by atoms with Crippen LogP contribution in [0.4, 0.5) is 0 Å².